The zero-order chi connectivity index (χ0) is 16.7. The van der Waals surface area contributed by atoms with Gasteiger partial charge in [0.1, 0.15) is 5.82 Å². The van der Waals surface area contributed by atoms with Crippen LogP contribution in [0.4, 0.5) is 5.82 Å². The van der Waals surface area contributed by atoms with Gasteiger partial charge in [0.25, 0.3) is 0 Å². The van der Waals surface area contributed by atoms with E-state index in [1.165, 1.54) is 5.56 Å². The maximum atomic E-state index is 12.5. The second-order valence-corrected chi connectivity index (χ2v) is 8.29. The predicted octanol–water partition coefficient (Wildman–Crippen LogP) is 3.34. The van der Waals surface area contributed by atoms with E-state index in [4.69, 9.17) is 4.98 Å². The highest BCUT2D eigenvalue weighted by Gasteiger charge is 2.25. The van der Waals surface area contributed by atoms with E-state index in [1.807, 2.05) is 35.2 Å². The van der Waals surface area contributed by atoms with E-state index in [0.29, 0.717) is 18.0 Å². The van der Waals surface area contributed by atoms with E-state index in [0.717, 1.165) is 22.3 Å². The van der Waals surface area contributed by atoms with Crippen molar-refractivity contribution in [1.82, 2.24) is 4.98 Å². The Kier molecular flexibility index (Phi) is 3.53. The van der Waals surface area contributed by atoms with Gasteiger partial charge in [-0.05, 0) is 42.8 Å². The SMILES string of the molecule is Cc1ccc2nc(N3CCS(=O)(=O)c4ccccc4C3)ccc2c1. The topological polar surface area (TPSA) is 50.3 Å². The molecule has 0 bridgehead atoms. The number of pyridine rings is 1. The van der Waals surface area contributed by atoms with Crippen LogP contribution in [0.25, 0.3) is 10.9 Å². The predicted molar refractivity (Wildman–Crippen MR) is 96.0 cm³/mol. The van der Waals surface area contributed by atoms with Crippen molar-refractivity contribution in [1.29, 1.82) is 0 Å². The van der Waals surface area contributed by atoms with Crippen LogP contribution in [0.2, 0.25) is 0 Å². The van der Waals surface area contributed by atoms with E-state index in [1.54, 1.807) is 12.1 Å². The maximum Gasteiger partial charge on any atom is 0.180 e. The van der Waals surface area contributed by atoms with Gasteiger partial charge in [-0.25, -0.2) is 13.4 Å². The minimum absolute atomic E-state index is 0.109. The van der Waals surface area contributed by atoms with Crippen molar-refractivity contribution in [2.24, 2.45) is 0 Å². The Morgan fingerprint density at radius 3 is 2.75 bits per heavy atom. The fourth-order valence-corrected chi connectivity index (χ4v) is 4.67. The Morgan fingerprint density at radius 2 is 1.88 bits per heavy atom. The second-order valence-electron chi connectivity index (χ2n) is 6.21. The molecule has 0 N–H and O–H groups in total. The summed E-state index contributed by atoms with van der Waals surface area (Å²) in [5.74, 6) is 0.927. The van der Waals surface area contributed by atoms with Gasteiger partial charge in [-0.1, -0.05) is 29.8 Å². The molecule has 122 valence electrons. The van der Waals surface area contributed by atoms with Gasteiger partial charge in [0.15, 0.2) is 9.84 Å². The van der Waals surface area contributed by atoms with E-state index >= 15 is 0 Å². The summed E-state index contributed by atoms with van der Waals surface area (Å²) in [6.07, 6.45) is 0. The van der Waals surface area contributed by atoms with Gasteiger partial charge in [0.2, 0.25) is 0 Å². The summed E-state index contributed by atoms with van der Waals surface area (Å²) >= 11 is 0. The molecule has 0 amide bonds. The fourth-order valence-electron chi connectivity index (χ4n) is 3.17. The molecule has 0 aliphatic carbocycles. The molecule has 2 heterocycles. The molecule has 24 heavy (non-hydrogen) atoms. The minimum atomic E-state index is -3.24. The molecular formula is C19H18N2O2S. The van der Waals surface area contributed by atoms with Gasteiger partial charge in [-0.15, -0.1) is 0 Å². The number of nitrogens with zero attached hydrogens (tertiary/aromatic N) is 2. The molecule has 0 saturated carbocycles. The van der Waals surface area contributed by atoms with Crippen LogP contribution in [0.15, 0.2) is 59.5 Å². The van der Waals surface area contributed by atoms with E-state index < -0.39 is 9.84 Å². The van der Waals surface area contributed by atoms with Crippen LogP contribution in [0.5, 0.6) is 0 Å². The van der Waals surface area contributed by atoms with Gasteiger partial charge in [-0.3, -0.25) is 0 Å². The van der Waals surface area contributed by atoms with Crippen LogP contribution in [0, 0.1) is 6.92 Å². The van der Waals surface area contributed by atoms with Crippen molar-refractivity contribution in [3.05, 3.63) is 65.7 Å². The lowest BCUT2D eigenvalue weighted by Gasteiger charge is -2.21. The summed E-state index contributed by atoms with van der Waals surface area (Å²) in [6, 6.07) is 17.4. The third kappa shape index (κ3) is 2.65. The molecule has 4 nitrogen and oxygen atoms in total. The van der Waals surface area contributed by atoms with Crippen molar-refractivity contribution in [2.45, 2.75) is 18.4 Å². The molecular weight excluding hydrogens is 320 g/mol. The first-order valence-electron chi connectivity index (χ1n) is 7.96. The van der Waals surface area contributed by atoms with Crippen molar-refractivity contribution in [2.75, 3.05) is 17.2 Å². The molecule has 0 unspecified atom stereocenters. The average molecular weight is 338 g/mol. The lowest BCUT2D eigenvalue weighted by molar-refractivity contribution is 0.596. The number of fused-ring (bicyclic) bond motifs is 2. The van der Waals surface area contributed by atoms with Gasteiger partial charge in [0, 0.05) is 18.5 Å². The molecule has 2 aromatic carbocycles. The molecule has 0 spiro atoms. The summed E-state index contributed by atoms with van der Waals surface area (Å²) in [5, 5.41) is 1.10. The number of sulfone groups is 1. The quantitative estimate of drug-likeness (QED) is 0.683. The molecule has 0 radical (unpaired) electrons. The Hall–Kier alpha value is -2.40. The van der Waals surface area contributed by atoms with Crippen LogP contribution in [-0.4, -0.2) is 25.7 Å². The highest BCUT2D eigenvalue weighted by molar-refractivity contribution is 7.91. The van der Waals surface area contributed by atoms with E-state index in [-0.39, 0.29) is 5.75 Å². The Labute approximate surface area is 141 Å². The molecule has 4 rings (SSSR count). The standard InChI is InChI=1S/C19H18N2O2S/c1-14-6-8-17-15(12-14)7-9-19(20-17)21-10-11-24(22,23)18-5-3-2-4-16(18)13-21/h2-9,12H,10-11,13H2,1H3. The molecule has 0 fully saturated rings. The van der Waals surface area contributed by atoms with Crippen LogP contribution in [0.1, 0.15) is 11.1 Å². The van der Waals surface area contributed by atoms with Crippen molar-refractivity contribution in [3.8, 4) is 0 Å². The first-order chi connectivity index (χ1) is 11.5. The molecule has 1 aliphatic rings. The van der Waals surface area contributed by atoms with Gasteiger partial charge in [-0.2, -0.15) is 0 Å². The zero-order valence-corrected chi connectivity index (χ0v) is 14.3. The number of rotatable bonds is 1. The van der Waals surface area contributed by atoms with Crippen LogP contribution >= 0.6 is 0 Å². The van der Waals surface area contributed by atoms with Crippen molar-refractivity contribution < 1.29 is 8.42 Å². The maximum absolute atomic E-state index is 12.5. The number of aryl methyl sites for hydroxylation is 1. The normalized spacial score (nSPS) is 16.6. The van der Waals surface area contributed by atoms with Gasteiger partial charge >= 0.3 is 0 Å². The monoisotopic (exact) mass is 338 g/mol. The first kappa shape index (κ1) is 15.1. The number of benzene rings is 2. The summed E-state index contributed by atoms with van der Waals surface area (Å²) in [5.41, 5.74) is 2.96. The summed E-state index contributed by atoms with van der Waals surface area (Å²) in [7, 11) is -3.24. The molecule has 0 atom stereocenters. The van der Waals surface area contributed by atoms with Crippen LogP contribution in [-0.2, 0) is 16.4 Å². The van der Waals surface area contributed by atoms with Crippen LogP contribution < -0.4 is 4.90 Å². The molecule has 5 heteroatoms. The van der Waals surface area contributed by atoms with Crippen molar-refractivity contribution in [3.63, 3.8) is 0 Å². The minimum Gasteiger partial charge on any atom is -0.351 e. The molecule has 1 aliphatic heterocycles. The summed E-state index contributed by atoms with van der Waals surface area (Å²) in [4.78, 5) is 7.23. The summed E-state index contributed by atoms with van der Waals surface area (Å²) in [6.45, 7) is 3.06. The third-order valence-corrected chi connectivity index (χ3v) is 6.24. The van der Waals surface area contributed by atoms with E-state index in [9.17, 15) is 8.42 Å². The highest BCUT2D eigenvalue weighted by Crippen LogP contribution is 2.26. The largest absolute Gasteiger partial charge is 0.351 e. The van der Waals surface area contributed by atoms with Crippen LogP contribution in [0.3, 0.4) is 0 Å². The lowest BCUT2D eigenvalue weighted by atomic mass is 10.1. The number of hydrogen-bond acceptors (Lipinski definition) is 4. The first-order valence-corrected chi connectivity index (χ1v) is 9.61. The molecule has 1 aromatic heterocycles. The Bertz CT molecular complexity index is 1030. The molecule has 0 saturated heterocycles. The Balaban J connectivity index is 1.77. The fraction of sp³-hybridized carbons (Fsp3) is 0.211. The number of hydrogen-bond donors (Lipinski definition) is 0. The second kappa shape index (κ2) is 5.60. The number of anilines is 1. The van der Waals surface area contributed by atoms with Gasteiger partial charge < -0.3 is 4.90 Å². The van der Waals surface area contributed by atoms with Gasteiger partial charge in [0.05, 0.1) is 16.2 Å². The Morgan fingerprint density at radius 1 is 1.04 bits per heavy atom. The number of aromatic nitrogens is 1. The average Bonchev–Trinajstić information content (AvgIpc) is 2.71. The molecule has 3 aromatic rings. The smallest absolute Gasteiger partial charge is 0.180 e. The zero-order valence-electron chi connectivity index (χ0n) is 13.4. The lowest BCUT2D eigenvalue weighted by Crippen LogP contribution is -2.26. The highest BCUT2D eigenvalue weighted by atomic mass is 32.2. The summed E-state index contributed by atoms with van der Waals surface area (Å²) < 4.78 is 24.9. The van der Waals surface area contributed by atoms with Crippen molar-refractivity contribution >= 4 is 26.6 Å². The third-order valence-electron chi connectivity index (χ3n) is 4.45. The van der Waals surface area contributed by atoms with E-state index in [2.05, 4.69) is 19.1 Å².